The Bertz CT molecular complexity index is 1110. The predicted octanol–water partition coefficient (Wildman–Crippen LogP) is 5.63. The van der Waals surface area contributed by atoms with Crippen LogP contribution in [0.4, 0.5) is 0 Å². The predicted molar refractivity (Wildman–Crippen MR) is 136 cm³/mol. The highest BCUT2D eigenvalue weighted by atomic mass is 35.5. The number of halogens is 1. The summed E-state index contributed by atoms with van der Waals surface area (Å²) in [6.45, 7) is 3.56. The van der Waals surface area contributed by atoms with Crippen molar-refractivity contribution in [2.45, 2.75) is 30.6 Å². The highest BCUT2D eigenvalue weighted by Crippen LogP contribution is 2.24. The first-order valence-corrected chi connectivity index (χ1v) is 13.5. The van der Waals surface area contributed by atoms with Crippen LogP contribution in [0.5, 0.6) is 0 Å². The van der Waals surface area contributed by atoms with Gasteiger partial charge < -0.3 is 4.90 Å². The Hall–Kier alpha value is -2.18. The lowest BCUT2D eigenvalue weighted by molar-refractivity contribution is 0.183. The van der Waals surface area contributed by atoms with Gasteiger partial charge in [0, 0.05) is 11.6 Å². The van der Waals surface area contributed by atoms with Crippen molar-refractivity contribution in [2.75, 3.05) is 26.2 Å². The molecule has 1 heterocycles. The molecule has 33 heavy (non-hydrogen) atoms. The molecule has 0 aromatic heterocycles. The van der Waals surface area contributed by atoms with E-state index in [1.54, 1.807) is 12.1 Å². The molecule has 4 rings (SSSR count). The molecule has 0 unspecified atom stereocenters. The number of nitrogens with zero attached hydrogens (tertiary/aromatic N) is 1. The van der Waals surface area contributed by atoms with Crippen LogP contribution in [0.1, 0.15) is 24.8 Å². The molecule has 1 aliphatic rings. The molecule has 0 atom stereocenters. The van der Waals surface area contributed by atoms with Gasteiger partial charge in [-0.1, -0.05) is 66.2 Å². The average molecular weight is 483 g/mol. The van der Waals surface area contributed by atoms with E-state index in [0.29, 0.717) is 16.5 Å². The molecule has 6 heteroatoms. The lowest BCUT2D eigenvalue weighted by Crippen LogP contribution is -2.36. The molecule has 0 radical (unpaired) electrons. The van der Waals surface area contributed by atoms with Crippen molar-refractivity contribution >= 4 is 21.6 Å². The van der Waals surface area contributed by atoms with Gasteiger partial charge in [-0.05, 0) is 92.2 Å². The summed E-state index contributed by atoms with van der Waals surface area (Å²) in [6.07, 6.45) is 4.39. The monoisotopic (exact) mass is 482 g/mol. The molecule has 4 nitrogen and oxygen atoms in total. The summed E-state index contributed by atoms with van der Waals surface area (Å²) in [5, 5.41) is 0.679. The topological polar surface area (TPSA) is 49.4 Å². The van der Waals surface area contributed by atoms with Gasteiger partial charge >= 0.3 is 0 Å². The largest absolute Gasteiger partial charge is 0.303 e. The van der Waals surface area contributed by atoms with Crippen molar-refractivity contribution in [1.82, 2.24) is 9.62 Å². The van der Waals surface area contributed by atoms with Crippen LogP contribution in [0, 0.1) is 5.92 Å². The maximum Gasteiger partial charge on any atom is 0.240 e. The fraction of sp³-hybridized carbons (Fsp3) is 0.333. The van der Waals surface area contributed by atoms with Crippen molar-refractivity contribution in [3.8, 4) is 11.1 Å². The van der Waals surface area contributed by atoms with E-state index in [4.69, 9.17) is 11.6 Å². The van der Waals surface area contributed by atoms with Crippen LogP contribution in [0.3, 0.4) is 0 Å². The minimum Gasteiger partial charge on any atom is -0.303 e. The van der Waals surface area contributed by atoms with Gasteiger partial charge in [0.15, 0.2) is 0 Å². The molecular formula is C27H31ClN2O2S. The molecule has 0 amide bonds. The summed E-state index contributed by atoms with van der Waals surface area (Å²) in [5.41, 5.74) is 3.39. The van der Waals surface area contributed by atoms with E-state index in [-0.39, 0.29) is 0 Å². The zero-order valence-electron chi connectivity index (χ0n) is 18.8. The van der Waals surface area contributed by atoms with E-state index in [2.05, 4.69) is 40.0 Å². The summed E-state index contributed by atoms with van der Waals surface area (Å²) in [4.78, 5) is 2.75. The van der Waals surface area contributed by atoms with E-state index in [1.165, 1.54) is 18.4 Å². The van der Waals surface area contributed by atoms with Gasteiger partial charge in [-0.15, -0.1) is 0 Å². The van der Waals surface area contributed by atoms with E-state index in [0.717, 1.165) is 49.5 Å². The van der Waals surface area contributed by atoms with Crippen LogP contribution >= 0.6 is 11.6 Å². The summed E-state index contributed by atoms with van der Waals surface area (Å²) in [5.74, 6) is 0.748. The lowest BCUT2D eigenvalue weighted by Gasteiger charge is -2.32. The Morgan fingerprint density at radius 2 is 1.45 bits per heavy atom. The van der Waals surface area contributed by atoms with Gasteiger partial charge in [0.05, 0.1) is 4.90 Å². The molecule has 0 aliphatic carbocycles. The van der Waals surface area contributed by atoms with Crippen LogP contribution in [0.2, 0.25) is 5.02 Å². The first-order valence-electron chi connectivity index (χ1n) is 11.6. The third kappa shape index (κ3) is 6.90. The van der Waals surface area contributed by atoms with E-state index >= 15 is 0 Å². The standard InChI is InChI=1S/C27H31ClN2O2S/c28-26-11-7-24(8-12-26)25-9-13-27(14-10-25)33(31,32)29-17-4-18-30-19-15-23(16-20-30)21-22-5-2-1-3-6-22/h1-3,5-14,23,29H,4,15-21H2. The van der Waals surface area contributed by atoms with Gasteiger partial charge in [-0.25, -0.2) is 13.1 Å². The van der Waals surface area contributed by atoms with Crippen LogP contribution in [-0.2, 0) is 16.4 Å². The highest BCUT2D eigenvalue weighted by molar-refractivity contribution is 7.89. The Morgan fingerprint density at radius 1 is 0.848 bits per heavy atom. The molecule has 0 bridgehead atoms. The smallest absolute Gasteiger partial charge is 0.240 e. The van der Waals surface area contributed by atoms with E-state index in [1.807, 2.05) is 36.4 Å². The molecular weight excluding hydrogens is 452 g/mol. The highest BCUT2D eigenvalue weighted by Gasteiger charge is 2.19. The van der Waals surface area contributed by atoms with Crippen LogP contribution < -0.4 is 4.72 Å². The maximum atomic E-state index is 12.7. The first kappa shape index (κ1) is 24.0. The minimum atomic E-state index is -3.50. The second kappa shape index (κ2) is 11.3. The number of hydrogen-bond acceptors (Lipinski definition) is 3. The molecule has 1 fully saturated rings. The van der Waals surface area contributed by atoms with Crippen molar-refractivity contribution in [2.24, 2.45) is 5.92 Å². The summed E-state index contributed by atoms with van der Waals surface area (Å²) < 4.78 is 28.1. The Labute approximate surface area is 202 Å². The summed E-state index contributed by atoms with van der Waals surface area (Å²) >= 11 is 5.94. The molecule has 0 saturated carbocycles. The molecule has 3 aromatic rings. The maximum absolute atomic E-state index is 12.7. The van der Waals surface area contributed by atoms with E-state index < -0.39 is 10.0 Å². The summed E-state index contributed by atoms with van der Waals surface area (Å²) in [6, 6.07) is 25.2. The molecule has 174 valence electrons. The zero-order valence-corrected chi connectivity index (χ0v) is 20.4. The van der Waals surface area contributed by atoms with Gasteiger partial charge in [0.1, 0.15) is 0 Å². The number of piperidine rings is 1. The zero-order chi connectivity index (χ0) is 23.1. The Kier molecular flexibility index (Phi) is 8.20. The van der Waals surface area contributed by atoms with Crippen molar-refractivity contribution in [3.05, 3.63) is 89.4 Å². The van der Waals surface area contributed by atoms with Crippen LogP contribution in [-0.4, -0.2) is 39.5 Å². The Morgan fingerprint density at radius 3 is 2.09 bits per heavy atom. The second-order valence-corrected chi connectivity index (χ2v) is 11.0. The van der Waals surface area contributed by atoms with Crippen LogP contribution in [0.25, 0.3) is 11.1 Å². The van der Waals surface area contributed by atoms with Gasteiger partial charge in [-0.3, -0.25) is 0 Å². The third-order valence-electron chi connectivity index (χ3n) is 6.36. The fourth-order valence-corrected chi connectivity index (χ4v) is 5.62. The van der Waals surface area contributed by atoms with Crippen LogP contribution in [0.15, 0.2) is 83.8 Å². The fourth-order valence-electron chi connectivity index (χ4n) is 4.42. The number of likely N-dealkylation sites (tertiary alicyclic amines) is 1. The lowest BCUT2D eigenvalue weighted by atomic mass is 9.90. The molecule has 0 spiro atoms. The normalized spacial score (nSPS) is 15.5. The number of hydrogen-bond donors (Lipinski definition) is 1. The Balaban J connectivity index is 1.19. The average Bonchev–Trinajstić information content (AvgIpc) is 2.84. The quantitative estimate of drug-likeness (QED) is 0.402. The minimum absolute atomic E-state index is 0.293. The molecule has 1 N–H and O–H groups in total. The SMILES string of the molecule is O=S(=O)(NCCCN1CCC(Cc2ccccc2)CC1)c1ccc(-c2ccc(Cl)cc2)cc1. The van der Waals surface area contributed by atoms with Crippen molar-refractivity contribution in [3.63, 3.8) is 0 Å². The molecule has 1 aliphatic heterocycles. The van der Waals surface area contributed by atoms with Gasteiger partial charge in [-0.2, -0.15) is 0 Å². The number of nitrogens with one attached hydrogen (secondary N) is 1. The third-order valence-corrected chi connectivity index (χ3v) is 8.09. The molecule has 3 aromatic carbocycles. The first-order chi connectivity index (χ1) is 16.0. The van der Waals surface area contributed by atoms with Gasteiger partial charge in [0.2, 0.25) is 10.0 Å². The van der Waals surface area contributed by atoms with Gasteiger partial charge in [0.25, 0.3) is 0 Å². The van der Waals surface area contributed by atoms with Crippen molar-refractivity contribution in [1.29, 1.82) is 0 Å². The number of sulfonamides is 1. The summed E-state index contributed by atoms with van der Waals surface area (Å²) in [7, 11) is -3.50. The van der Waals surface area contributed by atoms with Crippen molar-refractivity contribution < 1.29 is 8.42 Å². The molecule has 1 saturated heterocycles. The number of rotatable bonds is 9. The van der Waals surface area contributed by atoms with E-state index in [9.17, 15) is 8.42 Å². The number of benzene rings is 3. The second-order valence-electron chi connectivity index (χ2n) is 8.76.